The highest BCUT2D eigenvalue weighted by Gasteiger charge is 2.46. The summed E-state index contributed by atoms with van der Waals surface area (Å²) in [5.74, 6) is 0.832. The molecule has 0 aliphatic heterocycles. The summed E-state index contributed by atoms with van der Waals surface area (Å²) in [6.45, 7) is 2.96. The Morgan fingerprint density at radius 1 is 0.688 bits per heavy atom. The Bertz CT molecular complexity index is 1220. The Hall–Kier alpha value is -3.90. The van der Waals surface area contributed by atoms with E-state index in [1.54, 1.807) is 6.20 Å². The van der Waals surface area contributed by atoms with Gasteiger partial charge in [-0.25, -0.2) is 19.9 Å². The fraction of sp³-hybridized carbons (Fsp3) is 0.0769. The normalized spacial score (nSPS) is 11.4. The van der Waals surface area contributed by atoms with Crippen LogP contribution in [0.3, 0.4) is 0 Å². The predicted octanol–water partition coefficient (Wildman–Crippen LogP) is 2.91. The van der Waals surface area contributed by atoms with Gasteiger partial charge in [0.15, 0.2) is 5.65 Å². The quantitative estimate of drug-likeness (QED) is 0.304. The average Bonchev–Trinajstić information content (AvgIpc) is 2.88. The lowest BCUT2D eigenvalue weighted by atomic mass is 10.3. The molecule has 0 bridgehead atoms. The number of fused-ring (bicyclic) bond motifs is 1. The molecule has 0 spiro atoms. The van der Waals surface area contributed by atoms with Crippen molar-refractivity contribution in [2.75, 3.05) is 11.1 Å². The molecular weight excluding hydrogens is 410 g/mol. The van der Waals surface area contributed by atoms with E-state index in [4.69, 9.17) is 4.98 Å². The van der Waals surface area contributed by atoms with Crippen LogP contribution in [-0.2, 0) is 0 Å². The summed E-state index contributed by atoms with van der Waals surface area (Å²) in [6.07, 6.45) is 5.07. The second-order valence-electron chi connectivity index (χ2n) is 7.51. The zero-order chi connectivity index (χ0) is 21.8. The number of anilines is 1. The molecule has 2 aromatic heterocycles. The molecule has 5 aromatic rings. The Morgan fingerprint density at radius 3 is 1.72 bits per heavy atom. The molecule has 5 nitrogen and oxygen atoms in total. The minimum Gasteiger partial charge on any atom is -0.370 e. The van der Waals surface area contributed by atoms with Crippen LogP contribution < -0.4 is 20.1 Å². The van der Waals surface area contributed by atoms with Crippen LogP contribution in [0.25, 0.3) is 11.2 Å². The smallest absolute Gasteiger partial charge is 0.254 e. The van der Waals surface area contributed by atoms with Gasteiger partial charge < -0.3 is 4.57 Å². The van der Waals surface area contributed by atoms with Crippen LogP contribution in [0.1, 0.15) is 6.92 Å². The molecular formula is C26H23N5Si. The number of rotatable bonds is 6. The van der Waals surface area contributed by atoms with Crippen LogP contribution in [-0.4, -0.2) is 34.7 Å². The van der Waals surface area contributed by atoms with Crippen molar-refractivity contribution in [3.63, 3.8) is 0 Å². The van der Waals surface area contributed by atoms with E-state index in [0.29, 0.717) is 11.2 Å². The Kier molecular flexibility index (Phi) is 5.43. The maximum atomic E-state index is 4.96. The summed E-state index contributed by atoms with van der Waals surface area (Å²) >= 11 is 0. The summed E-state index contributed by atoms with van der Waals surface area (Å²) in [4.78, 5) is 18.0. The predicted molar refractivity (Wildman–Crippen MR) is 132 cm³/mol. The van der Waals surface area contributed by atoms with E-state index in [1.165, 1.54) is 21.9 Å². The highest BCUT2D eigenvalue weighted by Crippen LogP contribution is 2.21. The van der Waals surface area contributed by atoms with Crippen LogP contribution in [0.4, 0.5) is 5.82 Å². The lowest BCUT2D eigenvalue weighted by molar-refractivity contribution is 1.02. The van der Waals surface area contributed by atoms with E-state index in [2.05, 4.69) is 117 Å². The van der Waals surface area contributed by atoms with E-state index in [9.17, 15) is 0 Å². The second kappa shape index (κ2) is 8.68. The Labute approximate surface area is 188 Å². The molecule has 2 heterocycles. The molecule has 0 saturated heterocycles. The van der Waals surface area contributed by atoms with E-state index >= 15 is 0 Å². The van der Waals surface area contributed by atoms with Crippen molar-refractivity contribution in [1.82, 2.24) is 19.9 Å². The van der Waals surface area contributed by atoms with Crippen LogP contribution in [0.15, 0.2) is 110 Å². The fourth-order valence-electron chi connectivity index (χ4n) is 4.47. The first kappa shape index (κ1) is 20.0. The van der Waals surface area contributed by atoms with Gasteiger partial charge in [0.2, 0.25) is 0 Å². The van der Waals surface area contributed by atoms with Crippen molar-refractivity contribution < 1.29 is 0 Å². The molecule has 0 aliphatic carbocycles. The minimum absolute atomic E-state index is 0.603. The van der Waals surface area contributed by atoms with Gasteiger partial charge in [-0.3, -0.25) is 0 Å². The van der Waals surface area contributed by atoms with Gasteiger partial charge >= 0.3 is 0 Å². The number of aromatic nitrogens is 4. The largest absolute Gasteiger partial charge is 0.370 e. The fourth-order valence-corrected chi connectivity index (χ4v) is 9.36. The monoisotopic (exact) mass is 433 g/mol. The molecule has 32 heavy (non-hydrogen) atoms. The molecule has 0 fully saturated rings. The SMILES string of the molecule is CCN(c1cnc2ncncc2n1)[Si](c1ccccc1)(c1ccccc1)c1ccccc1. The third-order valence-electron chi connectivity index (χ3n) is 5.78. The summed E-state index contributed by atoms with van der Waals surface area (Å²) in [6, 6.07) is 32.4. The Balaban J connectivity index is 1.85. The van der Waals surface area contributed by atoms with Gasteiger partial charge in [0.05, 0.1) is 12.4 Å². The minimum atomic E-state index is -2.69. The summed E-state index contributed by atoms with van der Waals surface area (Å²) in [5.41, 5.74) is 1.30. The molecule has 3 aromatic carbocycles. The molecule has 156 valence electrons. The zero-order valence-corrected chi connectivity index (χ0v) is 18.8. The molecule has 0 radical (unpaired) electrons. The van der Waals surface area contributed by atoms with E-state index in [1.807, 2.05) is 6.20 Å². The first-order valence-corrected chi connectivity index (χ1v) is 12.7. The molecule has 6 heteroatoms. The molecule has 0 saturated carbocycles. The van der Waals surface area contributed by atoms with Crippen molar-refractivity contribution in [3.8, 4) is 0 Å². The van der Waals surface area contributed by atoms with Gasteiger partial charge in [-0.1, -0.05) is 91.0 Å². The van der Waals surface area contributed by atoms with Gasteiger partial charge in [0, 0.05) is 6.54 Å². The maximum Gasteiger partial charge on any atom is 0.254 e. The lowest BCUT2D eigenvalue weighted by Gasteiger charge is -2.43. The maximum absolute atomic E-state index is 4.96. The molecule has 0 N–H and O–H groups in total. The summed E-state index contributed by atoms with van der Waals surface area (Å²) in [5, 5.41) is 3.89. The standard InChI is InChI=1S/C26H23N5Si/c1-2-31(25-19-28-26-24(30-25)18-27-20-29-26)32(21-12-6-3-7-13-21,22-14-8-4-9-15-22)23-16-10-5-11-17-23/h3-20H,2H2,1H3. The Morgan fingerprint density at radius 2 is 1.22 bits per heavy atom. The third-order valence-corrected chi connectivity index (χ3v) is 10.6. The van der Waals surface area contributed by atoms with Crippen molar-refractivity contribution >= 4 is 40.8 Å². The topological polar surface area (TPSA) is 54.8 Å². The van der Waals surface area contributed by atoms with E-state index < -0.39 is 8.24 Å². The van der Waals surface area contributed by atoms with Gasteiger partial charge in [-0.15, -0.1) is 0 Å². The zero-order valence-electron chi connectivity index (χ0n) is 17.8. The van der Waals surface area contributed by atoms with Gasteiger partial charge in [0.1, 0.15) is 17.7 Å². The molecule has 0 aliphatic rings. The molecule has 0 unspecified atom stereocenters. The first-order chi connectivity index (χ1) is 15.8. The van der Waals surface area contributed by atoms with Crippen LogP contribution in [0, 0.1) is 0 Å². The average molecular weight is 434 g/mol. The van der Waals surface area contributed by atoms with Crippen LogP contribution >= 0.6 is 0 Å². The molecule has 0 amide bonds. The van der Waals surface area contributed by atoms with Gasteiger partial charge in [0.25, 0.3) is 8.24 Å². The van der Waals surface area contributed by atoms with Gasteiger partial charge in [-0.2, -0.15) is 0 Å². The van der Waals surface area contributed by atoms with Crippen molar-refractivity contribution in [2.45, 2.75) is 6.92 Å². The summed E-state index contributed by atoms with van der Waals surface area (Å²) < 4.78 is 2.45. The number of hydrogen-bond acceptors (Lipinski definition) is 5. The van der Waals surface area contributed by atoms with Crippen molar-refractivity contribution in [2.24, 2.45) is 0 Å². The van der Waals surface area contributed by atoms with E-state index in [0.717, 1.165) is 12.4 Å². The molecule has 5 rings (SSSR count). The van der Waals surface area contributed by atoms with Crippen LogP contribution in [0.5, 0.6) is 0 Å². The highest BCUT2D eigenvalue weighted by atomic mass is 28.3. The number of nitrogens with zero attached hydrogens (tertiary/aromatic N) is 5. The van der Waals surface area contributed by atoms with Crippen molar-refractivity contribution in [1.29, 1.82) is 0 Å². The lowest BCUT2D eigenvalue weighted by Crippen LogP contribution is -2.77. The van der Waals surface area contributed by atoms with Crippen molar-refractivity contribution in [3.05, 3.63) is 110 Å². The highest BCUT2D eigenvalue weighted by molar-refractivity contribution is 7.13. The number of hydrogen-bond donors (Lipinski definition) is 0. The van der Waals surface area contributed by atoms with Crippen LogP contribution in [0.2, 0.25) is 0 Å². The first-order valence-electron chi connectivity index (χ1n) is 10.7. The second-order valence-corrected chi connectivity index (χ2v) is 11.2. The summed E-state index contributed by atoms with van der Waals surface area (Å²) in [7, 11) is -2.69. The van der Waals surface area contributed by atoms with E-state index in [-0.39, 0.29) is 0 Å². The van der Waals surface area contributed by atoms with Gasteiger partial charge in [-0.05, 0) is 22.5 Å². The third kappa shape index (κ3) is 3.35. The molecule has 0 atom stereocenters. The number of benzene rings is 3.